The van der Waals surface area contributed by atoms with Crippen LogP contribution >= 0.6 is 0 Å². The minimum absolute atomic E-state index is 0.0317. The summed E-state index contributed by atoms with van der Waals surface area (Å²) in [5.74, 6) is -0.442. The van der Waals surface area contributed by atoms with Crippen molar-refractivity contribution in [1.29, 1.82) is 0 Å². The van der Waals surface area contributed by atoms with Crippen molar-refractivity contribution in [2.75, 3.05) is 23.7 Å². The number of likely N-dealkylation sites (tertiary alicyclic amines) is 1. The Balaban J connectivity index is 1.48. The van der Waals surface area contributed by atoms with Gasteiger partial charge in [-0.15, -0.1) is 0 Å². The summed E-state index contributed by atoms with van der Waals surface area (Å²) in [6.07, 6.45) is 2.10. The number of aliphatic hydroxyl groups is 1. The minimum Gasteiger partial charge on any atom is -0.465 e. The number of carbonyl (C=O) groups is 2. The normalized spacial score (nSPS) is 15.4. The lowest BCUT2D eigenvalue weighted by molar-refractivity contribution is -0.0305. The summed E-state index contributed by atoms with van der Waals surface area (Å²) < 4.78 is 16.2. The van der Waals surface area contributed by atoms with E-state index in [1.165, 1.54) is 44.7 Å². The second-order valence-corrected chi connectivity index (χ2v) is 8.11. The zero-order valence-electron chi connectivity index (χ0n) is 17.8. The van der Waals surface area contributed by atoms with Crippen molar-refractivity contribution in [1.82, 2.24) is 19.1 Å². The molecule has 12 heteroatoms. The molecule has 1 aliphatic heterocycles. The van der Waals surface area contributed by atoms with Gasteiger partial charge < -0.3 is 25.7 Å². The first-order valence-corrected chi connectivity index (χ1v) is 10.3. The highest BCUT2D eigenvalue weighted by atomic mass is 19.1. The average molecular weight is 458 g/mol. The maximum Gasteiger partial charge on any atom is 0.407 e. The number of amides is 3. The van der Waals surface area contributed by atoms with Crippen molar-refractivity contribution >= 4 is 29.0 Å². The number of piperidine rings is 1. The summed E-state index contributed by atoms with van der Waals surface area (Å²) in [5.41, 5.74) is -0.552. The van der Waals surface area contributed by atoms with Crippen LogP contribution in [-0.2, 0) is 6.54 Å². The molecule has 4 N–H and O–H groups in total. The van der Waals surface area contributed by atoms with Crippen LogP contribution in [0.1, 0.15) is 18.4 Å². The largest absolute Gasteiger partial charge is 0.465 e. The lowest BCUT2D eigenvalue weighted by Gasteiger charge is -2.37. The molecule has 0 aliphatic carbocycles. The fourth-order valence-electron chi connectivity index (χ4n) is 3.82. The number of nitrogens with one attached hydrogen (secondary N) is 2. The van der Waals surface area contributed by atoms with Crippen LogP contribution in [0.25, 0.3) is 5.52 Å². The van der Waals surface area contributed by atoms with Crippen molar-refractivity contribution in [3.63, 3.8) is 0 Å². The molecule has 0 unspecified atom stereocenters. The van der Waals surface area contributed by atoms with Crippen molar-refractivity contribution in [2.24, 2.45) is 0 Å². The Morgan fingerprint density at radius 1 is 1.24 bits per heavy atom. The summed E-state index contributed by atoms with van der Waals surface area (Å²) >= 11 is 0. The topological polar surface area (TPSA) is 141 Å². The van der Waals surface area contributed by atoms with Crippen LogP contribution in [0, 0.1) is 12.7 Å². The number of aromatic nitrogens is 3. The van der Waals surface area contributed by atoms with Gasteiger partial charge in [0.05, 0.1) is 24.0 Å². The Hall–Kier alpha value is -3.93. The van der Waals surface area contributed by atoms with Crippen LogP contribution in [-0.4, -0.2) is 60.1 Å². The Labute approximate surface area is 187 Å². The van der Waals surface area contributed by atoms with Crippen LogP contribution in [0.2, 0.25) is 0 Å². The number of carboxylic acid groups (broad SMARTS) is 1. The van der Waals surface area contributed by atoms with Gasteiger partial charge in [0.1, 0.15) is 17.7 Å². The van der Waals surface area contributed by atoms with Gasteiger partial charge in [0.15, 0.2) is 0 Å². The zero-order chi connectivity index (χ0) is 23.8. The Kier molecular flexibility index (Phi) is 5.77. The SMILES string of the molecule is Cc1c(F)cccc1NC(=O)Nc1cc2c(=O)n(CC3(O)CCN(C(=O)O)CC3)cnn2c1. The van der Waals surface area contributed by atoms with Crippen LogP contribution in [0.5, 0.6) is 0 Å². The van der Waals surface area contributed by atoms with E-state index in [0.29, 0.717) is 16.9 Å². The van der Waals surface area contributed by atoms with E-state index in [4.69, 9.17) is 5.11 Å². The number of urea groups is 1. The molecule has 3 amide bonds. The molecular formula is C21H23FN6O5. The molecule has 1 aliphatic rings. The molecule has 1 saturated heterocycles. The van der Waals surface area contributed by atoms with Gasteiger partial charge in [0.25, 0.3) is 5.56 Å². The van der Waals surface area contributed by atoms with E-state index in [-0.39, 0.29) is 38.0 Å². The molecule has 0 bridgehead atoms. The summed E-state index contributed by atoms with van der Waals surface area (Å²) in [5, 5.41) is 29.2. The molecule has 2 aromatic heterocycles. The van der Waals surface area contributed by atoms with E-state index in [1.807, 2.05) is 0 Å². The van der Waals surface area contributed by atoms with Gasteiger partial charge in [-0.1, -0.05) is 6.07 Å². The highest BCUT2D eigenvalue weighted by Gasteiger charge is 2.34. The molecule has 33 heavy (non-hydrogen) atoms. The number of hydrogen-bond donors (Lipinski definition) is 4. The van der Waals surface area contributed by atoms with Gasteiger partial charge in [0, 0.05) is 24.3 Å². The van der Waals surface area contributed by atoms with E-state index in [2.05, 4.69) is 15.7 Å². The molecule has 0 radical (unpaired) electrons. The lowest BCUT2D eigenvalue weighted by atomic mass is 9.91. The second kappa shape index (κ2) is 8.54. The van der Waals surface area contributed by atoms with Crippen LogP contribution < -0.4 is 16.2 Å². The standard InChI is InChI=1S/C21H23FN6O5/c1-13-15(22)3-2-4-16(13)25-19(30)24-14-9-17-18(29)27(12-23-28(17)10-14)11-21(33)5-7-26(8-6-21)20(31)32/h2-4,9-10,12,33H,5-8,11H2,1H3,(H,31,32)(H2,24,25,30). The molecule has 4 rings (SSSR count). The fraction of sp³-hybridized carbons (Fsp3) is 0.333. The zero-order valence-corrected chi connectivity index (χ0v) is 17.8. The molecule has 3 aromatic rings. The second-order valence-electron chi connectivity index (χ2n) is 8.11. The number of halogens is 1. The number of hydrogen-bond acceptors (Lipinski definition) is 5. The summed E-state index contributed by atoms with van der Waals surface area (Å²) in [6.45, 7) is 1.87. The van der Waals surface area contributed by atoms with Gasteiger partial charge in [-0.2, -0.15) is 5.10 Å². The number of fused-ring (bicyclic) bond motifs is 1. The number of carbonyl (C=O) groups excluding carboxylic acids is 1. The Bertz CT molecular complexity index is 1280. The highest BCUT2D eigenvalue weighted by Crippen LogP contribution is 2.24. The highest BCUT2D eigenvalue weighted by molar-refractivity contribution is 6.00. The van der Waals surface area contributed by atoms with Crippen LogP contribution in [0.4, 0.5) is 25.4 Å². The molecule has 1 aromatic carbocycles. The molecule has 11 nitrogen and oxygen atoms in total. The Morgan fingerprint density at radius 3 is 2.67 bits per heavy atom. The third-order valence-electron chi connectivity index (χ3n) is 5.80. The predicted octanol–water partition coefficient (Wildman–Crippen LogP) is 2.09. The van der Waals surface area contributed by atoms with Gasteiger partial charge in [-0.05, 0) is 38.0 Å². The van der Waals surface area contributed by atoms with Crippen molar-refractivity contribution in [2.45, 2.75) is 31.9 Å². The average Bonchev–Trinajstić information content (AvgIpc) is 3.17. The van der Waals surface area contributed by atoms with Crippen molar-refractivity contribution in [3.8, 4) is 0 Å². The summed E-state index contributed by atoms with van der Waals surface area (Å²) in [7, 11) is 0. The monoisotopic (exact) mass is 458 g/mol. The maximum atomic E-state index is 13.7. The third-order valence-corrected chi connectivity index (χ3v) is 5.80. The predicted molar refractivity (Wildman–Crippen MR) is 117 cm³/mol. The molecule has 174 valence electrons. The number of benzene rings is 1. The summed E-state index contributed by atoms with van der Waals surface area (Å²) in [4.78, 5) is 37.5. The van der Waals surface area contributed by atoms with Gasteiger partial charge in [-0.25, -0.2) is 18.5 Å². The van der Waals surface area contributed by atoms with E-state index < -0.39 is 29.1 Å². The van der Waals surface area contributed by atoms with Crippen LogP contribution in [0.15, 0.2) is 41.6 Å². The quantitative estimate of drug-likeness (QED) is 0.472. The van der Waals surface area contributed by atoms with Crippen LogP contribution in [0.3, 0.4) is 0 Å². The van der Waals surface area contributed by atoms with Gasteiger partial charge in [-0.3, -0.25) is 9.36 Å². The van der Waals surface area contributed by atoms with Crippen molar-refractivity contribution < 1.29 is 24.2 Å². The molecule has 0 atom stereocenters. The fourth-order valence-corrected chi connectivity index (χ4v) is 3.82. The smallest absolute Gasteiger partial charge is 0.407 e. The first kappa shape index (κ1) is 22.3. The minimum atomic E-state index is -1.23. The summed E-state index contributed by atoms with van der Waals surface area (Å²) in [6, 6.07) is 5.18. The maximum absolute atomic E-state index is 13.7. The first-order valence-electron chi connectivity index (χ1n) is 10.3. The third kappa shape index (κ3) is 4.65. The first-order chi connectivity index (χ1) is 15.6. The van der Waals surface area contributed by atoms with Crippen molar-refractivity contribution in [3.05, 3.63) is 58.5 Å². The Morgan fingerprint density at radius 2 is 1.97 bits per heavy atom. The van der Waals surface area contributed by atoms with Gasteiger partial charge in [0.2, 0.25) is 0 Å². The number of rotatable bonds is 4. The molecular weight excluding hydrogens is 435 g/mol. The molecule has 1 fully saturated rings. The van der Waals surface area contributed by atoms with E-state index in [9.17, 15) is 23.9 Å². The molecule has 0 spiro atoms. The van der Waals surface area contributed by atoms with E-state index in [0.717, 1.165) is 0 Å². The van der Waals surface area contributed by atoms with E-state index >= 15 is 0 Å². The molecule has 0 saturated carbocycles. The van der Waals surface area contributed by atoms with E-state index in [1.54, 1.807) is 13.0 Å². The molecule has 3 heterocycles. The lowest BCUT2D eigenvalue weighted by Crippen LogP contribution is -2.49. The number of nitrogens with zero attached hydrogens (tertiary/aromatic N) is 4. The van der Waals surface area contributed by atoms with Gasteiger partial charge >= 0.3 is 12.1 Å². The number of anilines is 2.